The second-order valence-electron chi connectivity index (χ2n) is 14.1. The summed E-state index contributed by atoms with van der Waals surface area (Å²) >= 11 is 0. The summed E-state index contributed by atoms with van der Waals surface area (Å²) in [7, 11) is 0. The number of carboxylic acid groups (broad SMARTS) is 3. The van der Waals surface area contributed by atoms with E-state index in [1.54, 1.807) is 62.3 Å². The Hall–Kier alpha value is -2.11. The summed E-state index contributed by atoms with van der Waals surface area (Å²) in [6.07, 6.45) is -6.28. The lowest BCUT2D eigenvalue weighted by molar-refractivity contribution is -0.908. The Balaban J connectivity index is -0.000000295. The van der Waals surface area contributed by atoms with Gasteiger partial charge in [-0.15, -0.1) is 0 Å². The highest BCUT2D eigenvalue weighted by molar-refractivity contribution is 5.86. The normalized spacial score (nSPS) is 18.3. The molecule has 0 aliphatic carbocycles. The van der Waals surface area contributed by atoms with E-state index in [1.165, 1.54) is 0 Å². The molecule has 0 amide bonds. The molecule has 314 valence electrons. The largest absolute Gasteiger partial charge is 0.550 e. The van der Waals surface area contributed by atoms with Crippen molar-refractivity contribution >= 4 is 17.9 Å². The quantitative estimate of drug-likeness (QED) is 0.0459. The molecule has 52 heavy (non-hydrogen) atoms. The smallest absolute Gasteiger partial charge is 0.114 e. The Morgan fingerprint density at radius 2 is 0.538 bits per heavy atom. The van der Waals surface area contributed by atoms with Crippen molar-refractivity contribution in [3.8, 4) is 0 Å². The van der Waals surface area contributed by atoms with Crippen molar-refractivity contribution in [3.63, 3.8) is 0 Å². The third-order valence-electron chi connectivity index (χ3n) is 6.51. The van der Waals surface area contributed by atoms with Gasteiger partial charge in [-0.05, 0) is 62.3 Å². The SMILES string of the molecule is CC(O)C[NH+](CC(C)O)CC(C)O.CC(O)C[NH+](CC(C)O)CC(C)O.CC(O)C[NH+](CC(C)O)CC(C)O.O=C([O-])CC(O)(CC(=O)[O-])C(=O)[O-]. The lowest BCUT2D eigenvalue weighted by Crippen LogP contribution is -3.15. The van der Waals surface area contributed by atoms with Crippen LogP contribution in [0.3, 0.4) is 0 Å². The summed E-state index contributed by atoms with van der Waals surface area (Å²) in [4.78, 5) is 33.1. The molecule has 0 aromatic carbocycles. The van der Waals surface area contributed by atoms with Crippen LogP contribution in [0.5, 0.6) is 0 Å². The van der Waals surface area contributed by atoms with E-state index in [4.69, 9.17) is 51.1 Å². The molecular weight excluding hydrogens is 694 g/mol. The highest BCUT2D eigenvalue weighted by Gasteiger charge is 2.29. The van der Waals surface area contributed by atoms with Crippen molar-refractivity contribution in [1.82, 2.24) is 0 Å². The van der Waals surface area contributed by atoms with Crippen LogP contribution in [0, 0.1) is 0 Å². The zero-order chi connectivity index (χ0) is 41.9. The summed E-state index contributed by atoms with van der Waals surface area (Å²) in [5.74, 6) is -5.98. The van der Waals surface area contributed by atoms with Gasteiger partial charge in [0.1, 0.15) is 119 Å². The molecule has 0 aromatic heterocycles. The third-order valence-corrected chi connectivity index (χ3v) is 6.51. The number of hydrogen-bond donors (Lipinski definition) is 13. The number of nitrogens with one attached hydrogen (secondary N) is 3. The number of carboxylic acids is 3. The molecule has 9 atom stereocenters. The zero-order valence-electron chi connectivity index (χ0n) is 32.4. The predicted octanol–water partition coefficient (Wildman–Crippen LogP) is -11.2. The van der Waals surface area contributed by atoms with E-state index >= 15 is 0 Å². The number of aliphatic hydroxyl groups is 10. The fraction of sp³-hybridized carbons (Fsp3) is 0.909. The van der Waals surface area contributed by atoms with E-state index in [0.29, 0.717) is 58.9 Å². The number of hydrogen-bond acceptors (Lipinski definition) is 16. The van der Waals surface area contributed by atoms with Crippen LogP contribution in [-0.4, -0.2) is 188 Å². The summed E-state index contributed by atoms with van der Waals surface area (Å²) in [6, 6.07) is 0. The summed E-state index contributed by atoms with van der Waals surface area (Å²) in [6.45, 7) is 20.5. The number of carbonyl (C=O) groups is 3. The summed E-state index contributed by atoms with van der Waals surface area (Å²) in [5, 5.41) is 121. The monoisotopic (exact) mass is 765 g/mol. The van der Waals surface area contributed by atoms with Crippen molar-refractivity contribution < 1.29 is 95.5 Å². The van der Waals surface area contributed by atoms with E-state index in [9.17, 15) is 29.7 Å². The topological polar surface area (TPSA) is 336 Å². The Morgan fingerprint density at radius 1 is 0.404 bits per heavy atom. The number of rotatable bonds is 23. The molecule has 0 aliphatic rings. The van der Waals surface area contributed by atoms with Gasteiger partial charge >= 0.3 is 0 Å². The molecule has 0 aliphatic heterocycles. The Morgan fingerprint density at radius 3 is 0.615 bits per heavy atom. The van der Waals surface area contributed by atoms with Crippen molar-refractivity contribution in [2.24, 2.45) is 0 Å². The van der Waals surface area contributed by atoms with Crippen molar-refractivity contribution in [2.45, 2.75) is 136 Å². The average Bonchev–Trinajstić information content (AvgIpc) is 2.85. The maximum absolute atomic E-state index is 10.1. The standard InChI is InChI=1S/3C9H21NO3.C6H8O7/c3*1-7(11)4-10(5-8(2)12)6-9(3)13;7-3(8)1-6(13,5(11)12)2-4(9)10/h3*7-9,11-13H,4-6H2,1-3H3;13H,1-2H2,(H,7,8)(H,9,10)(H,11,12). The van der Waals surface area contributed by atoms with Gasteiger partial charge in [-0.25, -0.2) is 0 Å². The first-order valence-electron chi connectivity index (χ1n) is 17.5. The molecule has 0 rings (SSSR count). The van der Waals surface area contributed by atoms with E-state index in [1.807, 2.05) is 0 Å². The van der Waals surface area contributed by atoms with Gasteiger partial charge in [-0.1, -0.05) is 0 Å². The third kappa shape index (κ3) is 42.3. The minimum absolute atomic E-state index is 0.396. The van der Waals surface area contributed by atoms with Crippen molar-refractivity contribution in [2.75, 3.05) is 58.9 Å². The Labute approximate surface area is 308 Å². The van der Waals surface area contributed by atoms with Crippen LogP contribution in [0.15, 0.2) is 0 Å². The Bertz CT molecular complexity index is 744. The van der Waals surface area contributed by atoms with E-state index < -0.39 is 91.3 Å². The van der Waals surface area contributed by atoms with Gasteiger partial charge in [0.05, 0.1) is 5.97 Å². The van der Waals surface area contributed by atoms with Gasteiger partial charge in [0, 0.05) is 24.8 Å². The zero-order valence-corrected chi connectivity index (χ0v) is 32.4. The molecule has 19 nitrogen and oxygen atoms in total. The first kappa shape index (κ1) is 56.6. The molecule has 0 saturated heterocycles. The molecule has 0 spiro atoms. The number of quaternary nitrogens is 3. The average molecular weight is 766 g/mol. The molecule has 0 fully saturated rings. The predicted molar refractivity (Wildman–Crippen MR) is 181 cm³/mol. The maximum Gasteiger partial charge on any atom is 0.114 e. The van der Waals surface area contributed by atoms with Gasteiger partial charge in [-0.2, -0.15) is 0 Å². The fourth-order valence-corrected chi connectivity index (χ4v) is 5.19. The van der Waals surface area contributed by atoms with E-state index in [-0.39, 0.29) is 0 Å². The fourth-order valence-electron chi connectivity index (χ4n) is 5.19. The van der Waals surface area contributed by atoms with Gasteiger partial charge in [0.25, 0.3) is 0 Å². The van der Waals surface area contributed by atoms with Gasteiger partial charge in [0.15, 0.2) is 0 Å². The van der Waals surface area contributed by atoms with Crippen LogP contribution in [-0.2, 0) is 14.4 Å². The summed E-state index contributed by atoms with van der Waals surface area (Å²) < 4.78 is 0. The Kier molecular flexibility index (Phi) is 34.0. The van der Waals surface area contributed by atoms with Crippen molar-refractivity contribution in [3.05, 3.63) is 0 Å². The molecule has 0 heterocycles. The molecule has 19 heteroatoms. The van der Waals surface area contributed by atoms with Crippen LogP contribution < -0.4 is 30.0 Å². The maximum atomic E-state index is 10.1. The molecule has 0 bridgehead atoms. The van der Waals surface area contributed by atoms with Crippen LogP contribution in [0.4, 0.5) is 0 Å². The highest BCUT2D eigenvalue weighted by Crippen LogP contribution is 2.13. The van der Waals surface area contributed by atoms with Crippen LogP contribution in [0.2, 0.25) is 0 Å². The molecular formula is C33H71N3O16. The minimum atomic E-state index is -2.97. The number of aliphatic hydroxyl groups excluding tert-OH is 9. The first-order valence-corrected chi connectivity index (χ1v) is 17.5. The number of aliphatic carboxylic acids is 3. The number of carbonyl (C=O) groups excluding carboxylic acids is 3. The molecule has 0 saturated carbocycles. The molecule has 9 unspecified atom stereocenters. The minimum Gasteiger partial charge on any atom is -0.550 e. The second-order valence-corrected chi connectivity index (χ2v) is 14.1. The van der Waals surface area contributed by atoms with Gasteiger partial charge in [-0.3, -0.25) is 0 Å². The van der Waals surface area contributed by atoms with Crippen molar-refractivity contribution in [1.29, 1.82) is 0 Å². The van der Waals surface area contributed by atoms with Crippen LogP contribution in [0.1, 0.15) is 75.2 Å². The first-order chi connectivity index (χ1) is 23.5. The molecule has 0 radical (unpaired) electrons. The van der Waals surface area contributed by atoms with E-state index in [0.717, 1.165) is 14.7 Å². The lowest BCUT2D eigenvalue weighted by Gasteiger charge is -2.29. The van der Waals surface area contributed by atoms with E-state index in [2.05, 4.69) is 0 Å². The van der Waals surface area contributed by atoms with Crippen LogP contribution in [0.25, 0.3) is 0 Å². The summed E-state index contributed by atoms with van der Waals surface area (Å²) in [5.41, 5.74) is -2.97. The molecule has 0 aromatic rings. The second kappa shape index (κ2) is 31.3. The van der Waals surface area contributed by atoms with Crippen LogP contribution >= 0.6 is 0 Å². The molecule has 13 N–H and O–H groups in total. The highest BCUT2D eigenvalue weighted by atomic mass is 16.4. The van der Waals surface area contributed by atoms with Gasteiger partial charge < -0.3 is 95.5 Å². The van der Waals surface area contributed by atoms with Gasteiger partial charge in [0.2, 0.25) is 0 Å². The lowest BCUT2D eigenvalue weighted by atomic mass is 9.96.